The molecule has 11 aromatic rings. The maximum atomic E-state index is 6.54. The second-order valence-corrected chi connectivity index (χ2v) is 14.8. The summed E-state index contributed by atoms with van der Waals surface area (Å²) in [5.74, 6) is 0. The third kappa shape index (κ3) is 5.74. The first-order valence-corrected chi connectivity index (χ1v) is 19.8. The summed E-state index contributed by atoms with van der Waals surface area (Å²) in [7, 11) is 0. The zero-order chi connectivity index (χ0) is 38.4. The van der Waals surface area contributed by atoms with E-state index < -0.39 is 0 Å². The molecule has 272 valence electrons. The zero-order valence-corrected chi connectivity index (χ0v) is 31.7. The summed E-state index contributed by atoms with van der Waals surface area (Å²) < 4.78 is 6.54. The minimum atomic E-state index is 0.856. The highest BCUT2D eigenvalue weighted by Gasteiger charge is 2.23. The summed E-state index contributed by atoms with van der Waals surface area (Å²) in [6, 6.07) is 80.8. The van der Waals surface area contributed by atoms with Crippen LogP contribution in [0.4, 0.5) is 17.1 Å². The lowest BCUT2D eigenvalue weighted by Crippen LogP contribution is -2.11. The lowest BCUT2D eigenvalue weighted by atomic mass is 9.85. The van der Waals surface area contributed by atoms with Gasteiger partial charge in [0.05, 0.1) is 5.69 Å². The smallest absolute Gasteiger partial charge is 0.137 e. The first-order chi connectivity index (χ1) is 28.8. The van der Waals surface area contributed by atoms with E-state index in [1.54, 1.807) is 0 Å². The second kappa shape index (κ2) is 14.1. The predicted octanol–water partition coefficient (Wildman–Crippen LogP) is 16.0. The number of furan rings is 1. The minimum Gasteiger partial charge on any atom is -0.456 e. The van der Waals surface area contributed by atoms with E-state index >= 15 is 0 Å². The van der Waals surface area contributed by atoms with Gasteiger partial charge >= 0.3 is 0 Å². The van der Waals surface area contributed by atoms with Gasteiger partial charge in [-0.3, -0.25) is 0 Å². The average molecular weight is 740 g/mol. The largest absolute Gasteiger partial charge is 0.456 e. The van der Waals surface area contributed by atoms with Crippen LogP contribution in [0.15, 0.2) is 229 Å². The summed E-state index contributed by atoms with van der Waals surface area (Å²) in [5.41, 5.74) is 14.3. The van der Waals surface area contributed by atoms with E-state index in [1.807, 2.05) is 12.1 Å². The van der Waals surface area contributed by atoms with Gasteiger partial charge in [-0.2, -0.15) is 0 Å². The third-order valence-corrected chi connectivity index (χ3v) is 11.4. The van der Waals surface area contributed by atoms with Crippen molar-refractivity contribution in [3.8, 4) is 44.5 Å². The van der Waals surface area contributed by atoms with Gasteiger partial charge in [-0.15, -0.1) is 0 Å². The van der Waals surface area contributed by atoms with Crippen LogP contribution in [0.3, 0.4) is 0 Å². The molecule has 0 saturated heterocycles. The minimum absolute atomic E-state index is 0.856. The fourth-order valence-electron chi connectivity index (χ4n) is 8.80. The van der Waals surface area contributed by atoms with E-state index in [9.17, 15) is 0 Å². The van der Waals surface area contributed by atoms with Gasteiger partial charge in [-0.05, 0) is 103 Å². The number of nitrogens with zero attached hydrogens (tertiary/aromatic N) is 1. The molecule has 0 bridgehead atoms. The first kappa shape index (κ1) is 33.6. The highest BCUT2D eigenvalue weighted by atomic mass is 16.3. The molecule has 0 amide bonds. The van der Waals surface area contributed by atoms with Gasteiger partial charge in [0.15, 0.2) is 0 Å². The number of anilines is 3. The van der Waals surface area contributed by atoms with Crippen LogP contribution in [0.2, 0.25) is 0 Å². The average Bonchev–Trinajstić information content (AvgIpc) is 3.68. The zero-order valence-electron chi connectivity index (χ0n) is 31.7. The Balaban J connectivity index is 1.23. The summed E-state index contributed by atoms with van der Waals surface area (Å²) in [6.07, 6.45) is 0. The molecular weight excluding hydrogens is 703 g/mol. The van der Waals surface area contributed by atoms with Crippen molar-refractivity contribution < 1.29 is 4.42 Å². The Kier molecular flexibility index (Phi) is 8.19. The van der Waals surface area contributed by atoms with Gasteiger partial charge in [0.1, 0.15) is 11.2 Å². The topological polar surface area (TPSA) is 16.4 Å². The second-order valence-electron chi connectivity index (χ2n) is 14.8. The van der Waals surface area contributed by atoms with Gasteiger partial charge in [0, 0.05) is 33.8 Å². The first-order valence-electron chi connectivity index (χ1n) is 19.8. The molecule has 0 fully saturated rings. The lowest BCUT2D eigenvalue weighted by Gasteiger charge is -2.29. The number of hydrogen-bond acceptors (Lipinski definition) is 2. The van der Waals surface area contributed by atoms with Gasteiger partial charge in [0.25, 0.3) is 0 Å². The van der Waals surface area contributed by atoms with E-state index in [4.69, 9.17) is 4.42 Å². The summed E-state index contributed by atoms with van der Waals surface area (Å²) in [6.45, 7) is 0. The van der Waals surface area contributed by atoms with Crippen molar-refractivity contribution in [2.75, 3.05) is 4.90 Å². The maximum Gasteiger partial charge on any atom is 0.137 e. The maximum absolute atomic E-state index is 6.54. The molecular formula is C56H37NO. The van der Waals surface area contributed by atoms with E-state index in [-0.39, 0.29) is 0 Å². The lowest BCUT2D eigenvalue weighted by molar-refractivity contribution is 0.669. The van der Waals surface area contributed by atoms with E-state index in [1.165, 1.54) is 54.9 Å². The van der Waals surface area contributed by atoms with Crippen molar-refractivity contribution >= 4 is 60.5 Å². The molecule has 0 saturated carbocycles. The van der Waals surface area contributed by atoms with Crippen LogP contribution in [-0.4, -0.2) is 0 Å². The van der Waals surface area contributed by atoms with Crippen LogP contribution in [0.5, 0.6) is 0 Å². The van der Waals surface area contributed by atoms with Crippen molar-refractivity contribution in [1.29, 1.82) is 0 Å². The Labute approximate surface area is 337 Å². The molecule has 0 aliphatic heterocycles. The standard InChI is InChI=1S/C56H37NO/c1-5-17-38(18-6-1)42-29-34-52(50(35-42)39-19-7-2-8-20-39)57(44-31-33-48-47-26-15-16-28-53(47)58-54(48)37-44)43-30-32-46-45-25-13-14-27-49(45)55(40-21-9-3-10-22-40)56(51(46)36-43)41-23-11-4-12-24-41/h1-37H. The molecule has 2 nitrogen and oxygen atoms in total. The molecule has 1 aromatic heterocycles. The Morgan fingerprint density at radius 1 is 0.276 bits per heavy atom. The van der Waals surface area contributed by atoms with Crippen LogP contribution in [0, 0.1) is 0 Å². The molecule has 11 rings (SSSR count). The Morgan fingerprint density at radius 2 is 0.759 bits per heavy atom. The fraction of sp³-hybridized carbons (Fsp3) is 0. The number of para-hydroxylation sites is 1. The Hall–Kier alpha value is -7.68. The molecule has 0 atom stereocenters. The fourth-order valence-corrected chi connectivity index (χ4v) is 8.80. The van der Waals surface area contributed by atoms with E-state index in [0.29, 0.717) is 0 Å². The van der Waals surface area contributed by atoms with Crippen molar-refractivity contribution in [3.63, 3.8) is 0 Å². The quantitative estimate of drug-likeness (QED) is 0.151. The molecule has 58 heavy (non-hydrogen) atoms. The number of rotatable bonds is 7. The summed E-state index contributed by atoms with van der Waals surface area (Å²) in [5, 5.41) is 7.10. The third-order valence-electron chi connectivity index (χ3n) is 11.4. The van der Waals surface area contributed by atoms with Crippen LogP contribution < -0.4 is 4.90 Å². The predicted molar refractivity (Wildman–Crippen MR) is 245 cm³/mol. The molecule has 0 spiro atoms. The molecule has 1 heterocycles. The van der Waals surface area contributed by atoms with Crippen molar-refractivity contribution in [2.45, 2.75) is 0 Å². The van der Waals surface area contributed by atoms with E-state index in [2.05, 4.69) is 217 Å². The molecule has 0 aliphatic rings. The van der Waals surface area contributed by atoms with Crippen LogP contribution in [0.1, 0.15) is 0 Å². The van der Waals surface area contributed by atoms with Gasteiger partial charge in [0.2, 0.25) is 0 Å². The van der Waals surface area contributed by atoms with Crippen LogP contribution in [-0.2, 0) is 0 Å². The normalized spacial score (nSPS) is 11.4. The molecule has 10 aromatic carbocycles. The number of fused-ring (bicyclic) bond motifs is 6. The van der Waals surface area contributed by atoms with Crippen molar-refractivity contribution in [3.05, 3.63) is 224 Å². The number of benzene rings is 10. The molecule has 0 radical (unpaired) electrons. The summed E-state index contributed by atoms with van der Waals surface area (Å²) >= 11 is 0. The van der Waals surface area contributed by atoms with Gasteiger partial charge in [-0.1, -0.05) is 176 Å². The van der Waals surface area contributed by atoms with Crippen molar-refractivity contribution in [2.24, 2.45) is 0 Å². The van der Waals surface area contributed by atoms with Gasteiger partial charge in [-0.25, -0.2) is 0 Å². The highest BCUT2D eigenvalue weighted by Crippen LogP contribution is 2.49. The molecule has 0 aliphatic carbocycles. The van der Waals surface area contributed by atoms with Crippen LogP contribution >= 0.6 is 0 Å². The molecule has 0 unspecified atom stereocenters. The highest BCUT2D eigenvalue weighted by molar-refractivity contribution is 6.22. The Bertz CT molecular complexity index is 3260. The summed E-state index contributed by atoms with van der Waals surface area (Å²) in [4.78, 5) is 2.41. The molecule has 0 N–H and O–H groups in total. The van der Waals surface area contributed by atoms with Crippen LogP contribution in [0.25, 0.3) is 88.0 Å². The van der Waals surface area contributed by atoms with Crippen molar-refractivity contribution in [1.82, 2.24) is 0 Å². The number of hydrogen-bond donors (Lipinski definition) is 0. The molecule has 2 heteroatoms. The SMILES string of the molecule is c1ccc(-c2ccc(N(c3ccc4c(c3)oc3ccccc34)c3ccc4c(c3)c(-c3ccccc3)c(-c3ccccc3)c3ccccc34)c(-c3ccccc3)c2)cc1. The van der Waals surface area contributed by atoms with Gasteiger partial charge < -0.3 is 9.32 Å². The monoisotopic (exact) mass is 739 g/mol. The Morgan fingerprint density at radius 3 is 1.43 bits per heavy atom. The van der Waals surface area contributed by atoms with E-state index in [0.717, 1.165) is 50.1 Å².